The van der Waals surface area contributed by atoms with Crippen LogP contribution < -0.4 is 5.32 Å². The molecule has 1 aromatic heterocycles. The molecule has 23 heavy (non-hydrogen) atoms. The van der Waals surface area contributed by atoms with Gasteiger partial charge in [0.25, 0.3) is 10.8 Å². The monoisotopic (exact) mass is 316 g/mol. The molecule has 0 atom stereocenters. The van der Waals surface area contributed by atoms with Crippen LogP contribution in [0.25, 0.3) is 0 Å². The Morgan fingerprint density at radius 1 is 1.26 bits per heavy atom. The van der Waals surface area contributed by atoms with Gasteiger partial charge < -0.3 is 10.1 Å². The van der Waals surface area contributed by atoms with Gasteiger partial charge in [-0.1, -0.05) is 6.07 Å². The first-order valence-corrected chi connectivity index (χ1v) is 6.59. The number of hydrogen-bond acceptors (Lipinski definition) is 5. The Bertz CT molecular complexity index is 746. The van der Waals surface area contributed by atoms with E-state index in [1.807, 2.05) is 0 Å². The van der Waals surface area contributed by atoms with Crippen molar-refractivity contribution < 1.29 is 24.5 Å². The van der Waals surface area contributed by atoms with Crippen LogP contribution in [0.3, 0.4) is 0 Å². The van der Waals surface area contributed by atoms with Crippen LogP contribution in [0.4, 0.5) is 5.69 Å². The molecular weight excluding hydrogens is 302 g/mol. The number of carbonyl (C=O) groups excluding carboxylic acids is 2. The first-order valence-electron chi connectivity index (χ1n) is 6.59. The fraction of sp³-hybridized carbons (Fsp3) is 0.133. The number of amides is 1. The summed E-state index contributed by atoms with van der Waals surface area (Å²) in [4.78, 5) is 38.4. The van der Waals surface area contributed by atoms with E-state index >= 15 is 0 Å². The van der Waals surface area contributed by atoms with E-state index in [-0.39, 0.29) is 23.4 Å². The van der Waals surface area contributed by atoms with E-state index in [4.69, 9.17) is 5.21 Å². The molecule has 0 saturated carbocycles. The van der Waals surface area contributed by atoms with Gasteiger partial charge in [-0.05, 0) is 18.2 Å². The smallest absolute Gasteiger partial charge is 0.338 e. The second kappa shape index (κ2) is 7.12. The Morgan fingerprint density at radius 3 is 2.61 bits per heavy atom. The fourth-order valence-corrected chi connectivity index (χ4v) is 1.86. The van der Waals surface area contributed by atoms with Crippen LogP contribution in [0.1, 0.15) is 26.4 Å². The highest BCUT2D eigenvalue weighted by atomic mass is 16.6. The Morgan fingerprint density at radius 2 is 2.00 bits per heavy atom. The summed E-state index contributed by atoms with van der Waals surface area (Å²) in [6.07, 6.45) is 1.60. The summed E-state index contributed by atoms with van der Waals surface area (Å²) >= 11 is 0. The molecule has 0 spiro atoms. The highest BCUT2D eigenvalue weighted by molar-refractivity contribution is 5.98. The molecule has 0 saturated heterocycles. The molecule has 2 aromatic rings. The molecule has 0 aliphatic heterocycles. The first-order chi connectivity index (χ1) is 11.0. The lowest BCUT2D eigenvalue weighted by atomic mass is 10.1. The van der Waals surface area contributed by atoms with Crippen LogP contribution in [-0.4, -0.2) is 34.1 Å². The van der Waals surface area contributed by atoms with Crippen LogP contribution in [0.5, 0.6) is 0 Å². The quantitative estimate of drug-likeness (QED) is 0.640. The van der Waals surface area contributed by atoms with Crippen molar-refractivity contribution in [1.29, 1.82) is 0 Å². The lowest BCUT2D eigenvalue weighted by molar-refractivity contribution is -0.729. The summed E-state index contributed by atoms with van der Waals surface area (Å²) < 4.78 is 4.55. The second-order valence-corrected chi connectivity index (χ2v) is 4.54. The lowest BCUT2D eigenvalue weighted by Gasteiger charge is -2.06. The summed E-state index contributed by atoms with van der Waals surface area (Å²) in [5.41, 5.74) is 0.408. The van der Waals surface area contributed by atoms with Crippen molar-refractivity contribution in [2.45, 2.75) is 6.54 Å². The molecule has 0 aliphatic rings. The maximum atomic E-state index is 12.2. The number of esters is 1. The van der Waals surface area contributed by atoms with Gasteiger partial charge in [-0.15, -0.1) is 0 Å². The van der Waals surface area contributed by atoms with Crippen LogP contribution >= 0.6 is 0 Å². The summed E-state index contributed by atoms with van der Waals surface area (Å²) in [6, 6.07) is 8.82. The summed E-state index contributed by atoms with van der Waals surface area (Å²) in [5.74, 6) is -1.25. The number of benzene rings is 1. The number of rotatable bonds is 5. The van der Waals surface area contributed by atoms with Crippen molar-refractivity contribution in [3.8, 4) is 0 Å². The molecule has 1 amide bonds. The van der Waals surface area contributed by atoms with E-state index in [2.05, 4.69) is 15.0 Å². The van der Waals surface area contributed by atoms with Crippen molar-refractivity contribution >= 4 is 17.6 Å². The fourth-order valence-electron chi connectivity index (χ4n) is 1.86. The molecular formula is C15H14N3O5+. The minimum Gasteiger partial charge on any atom is -0.465 e. The van der Waals surface area contributed by atoms with Crippen LogP contribution in [0.2, 0.25) is 0 Å². The molecule has 0 radical (unpaired) electrons. The Labute approximate surface area is 131 Å². The van der Waals surface area contributed by atoms with Gasteiger partial charge in [-0.3, -0.25) is 9.78 Å². The number of aromatic nitrogens is 1. The van der Waals surface area contributed by atoms with E-state index in [0.717, 1.165) is 12.1 Å². The van der Waals surface area contributed by atoms with Crippen LogP contribution in [0.15, 0.2) is 42.6 Å². The Hall–Kier alpha value is -3.29. The second-order valence-electron chi connectivity index (χ2n) is 4.54. The van der Waals surface area contributed by atoms with E-state index in [1.165, 1.54) is 13.2 Å². The standard InChI is InChI=1S/C15H13N3O5/c1-23-15(20)11-6-10(7-13(8-11)18(21)22)14(19)17-9-12-4-2-3-5-16-12/h2-8H,9H2,1H3,(H-,17,19,21,22)/p+1. The number of pyridine rings is 1. The predicted octanol–water partition coefficient (Wildman–Crippen LogP) is 1.60. The van der Waals surface area contributed by atoms with E-state index in [1.54, 1.807) is 24.4 Å². The zero-order chi connectivity index (χ0) is 16.8. The van der Waals surface area contributed by atoms with E-state index < -0.39 is 16.8 Å². The zero-order valence-corrected chi connectivity index (χ0v) is 12.2. The topological polar surface area (TPSA) is 109 Å². The van der Waals surface area contributed by atoms with Gasteiger partial charge >= 0.3 is 11.7 Å². The van der Waals surface area contributed by atoms with Crippen molar-refractivity contribution in [3.05, 3.63) is 64.3 Å². The normalized spacial score (nSPS) is 9.96. The van der Waals surface area contributed by atoms with Crippen molar-refractivity contribution in [2.75, 3.05) is 7.11 Å². The van der Waals surface area contributed by atoms with E-state index in [9.17, 15) is 14.5 Å². The minimum atomic E-state index is -0.729. The van der Waals surface area contributed by atoms with E-state index in [0.29, 0.717) is 5.69 Å². The molecule has 8 heteroatoms. The van der Waals surface area contributed by atoms with Gasteiger partial charge in [0.15, 0.2) is 0 Å². The highest BCUT2D eigenvalue weighted by Crippen LogP contribution is 2.17. The third-order valence-corrected chi connectivity index (χ3v) is 2.98. The number of hydrogen-bond donors (Lipinski definition) is 2. The van der Waals surface area contributed by atoms with Gasteiger partial charge in [0.2, 0.25) is 0 Å². The molecule has 1 heterocycles. The SMILES string of the molecule is COC(=O)c1cc(C(=O)NCc2ccccn2)cc([N+](=O)O)c1. The third kappa shape index (κ3) is 4.10. The number of methoxy groups -OCH3 is 1. The Balaban J connectivity index is 2.23. The average Bonchev–Trinajstić information content (AvgIpc) is 2.59. The highest BCUT2D eigenvalue weighted by Gasteiger charge is 2.21. The number of ether oxygens (including phenoxy) is 1. The molecule has 0 aliphatic carbocycles. The average molecular weight is 316 g/mol. The van der Waals surface area contributed by atoms with Crippen molar-refractivity contribution in [1.82, 2.24) is 10.3 Å². The number of carbonyl (C=O) groups is 2. The summed E-state index contributed by atoms with van der Waals surface area (Å²) in [5, 5.41) is 11.6. The lowest BCUT2D eigenvalue weighted by Crippen LogP contribution is -2.23. The molecule has 2 N–H and O–H groups in total. The summed E-state index contributed by atoms with van der Waals surface area (Å²) in [6.45, 7) is 0.178. The number of nitrogens with zero attached hydrogens (tertiary/aromatic N) is 2. The van der Waals surface area contributed by atoms with Gasteiger partial charge in [-0.2, -0.15) is 0 Å². The van der Waals surface area contributed by atoms with Crippen molar-refractivity contribution in [2.24, 2.45) is 0 Å². The van der Waals surface area contributed by atoms with Gasteiger partial charge in [-0.25, -0.2) is 10.0 Å². The maximum absolute atomic E-state index is 12.2. The van der Waals surface area contributed by atoms with Gasteiger partial charge in [0, 0.05) is 23.9 Å². The zero-order valence-electron chi connectivity index (χ0n) is 12.2. The third-order valence-electron chi connectivity index (χ3n) is 2.98. The maximum Gasteiger partial charge on any atom is 0.338 e. The van der Waals surface area contributed by atoms with Crippen molar-refractivity contribution in [3.63, 3.8) is 0 Å². The largest absolute Gasteiger partial charge is 0.465 e. The minimum absolute atomic E-state index is 0.0251. The molecule has 0 fully saturated rings. The van der Waals surface area contributed by atoms with Crippen LogP contribution in [-0.2, 0) is 11.3 Å². The summed E-state index contributed by atoms with van der Waals surface area (Å²) in [7, 11) is 1.17. The van der Waals surface area contributed by atoms with Crippen LogP contribution in [0, 0.1) is 4.91 Å². The van der Waals surface area contributed by atoms with Gasteiger partial charge in [0.1, 0.15) is 0 Å². The molecule has 0 bridgehead atoms. The molecule has 118 valence electrons. The molecule has 8 nitrogen and oxygen atoms in total. The first kappa shape index (κ1) is 16.1. The molecule has 2 rings (SSSR count). The predicted molar refractivity (Wildman–Crippen MR) is 78.3 cm³/mol. The Kier molecular flexibility index (Phi) is 4.98. The molecule has 0 unspecified atom stereocenters. The molecule has 1 aromatic carbocycles. The van der Waals surface area contributed by atoms with Gasteiger partial charge in [0.05, 0.1) is 29.8 Å². The number of nitrogens with one attached hydrogen (secondary N) is 1.